The van der Waals surface area contributed by atoms with Crippen molar-refractivity contribution in [2.75, 3.05) is 6.54 Å². The van der Waals surface area contributed by atoms with Crippen LogP contribution in [0.1, 0.15) is 18.7 Å². The first-order chi connectivity index (χ1) is 7.34. The van der Waals surface area contributed by atoms with E-state index in [1.54, 1.807) is 5.51 Å². The molecule has 0 spiro atoms. The fourth-order valence-corrected chi connectivity index (χ4v) is 2.05. The molecular formula is C9H10N4OS. The molecule has 2 aromatic rings. The van der Waals surface area contributed by atoms with Crippen molar-refractivity contribution < 1.29 is 4.52 Å². The van der Waals surface area contributed by atoms with Crippen LogP contribution in [0.4, 0.5) is 0 Å². The molecule has 0 amide bonds. The van der Waals surface area contributed by atoms with Crippen molar-refractivity contribution >= 4 is 11.3 Å². The van der Waals surface area contributed by atoms with Crippen LogP contribution in [-0.2, 0) is 5.41 Å². The second kappa shape index (κ2) is 3.11. The first-order valence-corrected chi connectivity index (χ1v) is 5.71. The van der Waals surface area contributed by atoms with Gasteiger partial charge in [0.1, 0.15) is 5.69 Å². The first kappa shape index (κ1) is 8.99. The molecule has 6 heteroatoms. The average Bonchev–Trinajstić information content (AvgIpc) is 2.74. The highest BCUT2D eigenvalue weighted by molar-refractivity contribution is 7.07. The molecule has 2 heterocycles. The molecule has 0 aliphatic heterocycles. The van der Waals surface area contributed by atoms with Gasteiger partial charge in [0, 0.05) is 11.9 Å². The molecule has 0 atom stereocenters. The number of thiazole rings is 1. The topological polar surface area (TPSA) is 77.8 Å². The molecule has 1 saturated carbocycles. The Morgan fingerprint density at radius 3 is 3.00 bits per heavy atom. The van der Waals surface area contributed by atoms with E-state index in [1.807, 2.05) is 5.38 Å². The minimum Gasteiger partial charge on any atom is -0.338 e. The number of hydrogen-bond donors (Lipinski definition) is 1. The summed E-state index contributed by atoms with van der Waals surface area (Å²) in [4.78, 5) is 8.47. The van der Waals surface area contributed by atoms with Gasteiger partial charge >= 0.3 is 0 Å². The van der Waals surface area contributed by atoms with E-state index < -0.39 is 0 Å². The molecule has 15 heavy (non-hydrogen) atoms. The summed E-state index contributed by atoms with van der Waals surface area (Å²) >= 11 is 1.52. The van der Waals surface area contributed by atoms with E-state index >= 15 is 0 Å². The van der Waals surface area contributed by atoms with Crippen LogP contribution < -0.4 is 5.73 Å². The second-order valence-corrected chi connectivity index (χ2v) is 4.50. The molecule has 0 radical (unpaired) electrons. The van der Waals surface area contributed by atoms with E-state index in [1.165, 1.54) is 11.3 Å². The maximum atomic E-state index is 5.69. The molecular weight excluding hydrogens is 212 g/mol. The van der Waals surface area contributed by atoms with Gasteiger partial charge in [-0.3, -0.25) is 0 Å². The number of nitrogens with two attached hydrogens (primary N) is 1. The highest BCUT2D eigenvalue weighted by Crippen LogP contribution is 2.46. The van der Waals surface area contributed by atoms with Crippen LogP contribution in [0.25, 0.3) is 11.5 Å². The number of hydrogen-bond acceptors (Lipinski definition) is 6. The Kier molecular flexibility index (Phi) is 1.86. The van der Waals surface area contributed by atoms with Crippen LogP contribution in [-0.4, -0.2) is 21.7 Å². The summed E-state index contributed by atoms with van der Waals surface area (Å²) in [6.07, 6.45) is 2.09. The van der Waals surface area contributed by atoms with Gasteiger partial charge in [-0.15, -0.1) is 11.3 Å². The number of nitrogens with zero attached hydrogens (tertiary/aromatic N) is 3. The Morgan fingerprint density at radius 2 is 2.40 bits per heavy atom. The predicted octanol–water partition coefficient (Wildman–Crippen LogP) is 1.18. The summed E-state index contributed by atoms with van der Waals surface area (Å²) in [7, 11) is 0. The number of aromatic nitrogens is 3. The summed E-state index contributed by atoms with van der Waals surface area (Å²) in [5, 5.41) is 5.81. The summed E-state index contributed by atoms with van der Waals surface area (Å²) in [5.41, 5.74) is 8.16. The fraction of sp³-hybridized carbons (Fsp3) is 0.444. The zero-order chi connectivity index (χ0) is 10.3. The molecule has 1 fully saturated rings. The Hall–Kier alpha value is -1.27. The predicted molar refractivity (Wildman–Crippen MR) is 55.4 cm³/mol. The quantitative estimate of drug-likeness (QED) is 0.843. The van der Waals surface area contributed by atoms with Crippen LogP contribution in [0.5, 0.6) is 0 Å². The van der Waals surface area contributed by atoms with E-state index in [-0.39, 0.29) is 5.41 Å². The minimum absolute atomic E-state index is 0.0404. The molecule has 5 nitrogen and oxygen atoms in total. The largest absolute Gasteiger partial charge is 0.338 e. The maximum Gasteiger partial charge on any atom is 0.234 e. The van der Waals surface area contributed by atoms with Crippen LogP contribution >= 0.6 is 11.3 Å². The number of rotatable bonds is 3. The van der Waals surface area contributed by atoms with E-state index in [4.69, 9.17) is 10.3 Å². The Morgan fingerprint density at radius 1 is 1.53 bits per heavy atom. The van der Waals surface area contributed by atoms with Gasteiger partial charge in [-0.05, 0) is 12.8 Å². The van der Waals surface area contributed by atoms with Gasteiger partial charge in [0.2, 0.25) is 11.7 Å². The molecule has 2 N–H and O–H groups in total. The van der Waals surface area contributed by atoms with Gasteiger partial charge in [-0.2, -0.15) is 4.98 Å². The normalized spacial score (nSPS) is 17.9. The highest BCUT2D eigenvalue weighted by Gasteiger charge is 2.48. The Balaban J connectivity index is 1.95. The standard InChI is InChI=1S/C9H10N4OS/c10-4-9(1-2-9)8-12-7(13-14-8)6-3-15-5-11-6/h3,5H,1-2,4,10H2. The lowest BCUT2D eigenvalue weighted by Crippen LogP contribution is -2.19. The van der Waals surface area contributed by atoms with Gasteiger partial charge in [0.25, 0.3) is 0 Å². The van der Waals surface area contributed by atoms with Gasteiger partial charge in [0.05, 0.1) is 10.9 Å². The third-order valence-corrected chi connectivity index (χ3v) is 3.37. The monoisotopic (exact) mass is 222 g/mol. The van der Waals surface area contributed by atoms with Gasteiger partial charge in [-0.25, -0.2) is 4.98 Å². The zero-order valence-electron chi connectivity index (χ0n) is 8.01. The zero-order valence-corrected chi connectivity index (χ0v) is 8.83. The molecule has 78 valence electrons. The molecule has 0 unspecified atom stereocenters. The van der Waals surface area contributed by atoms with Crippen molar-refractivity contribution in [2.24, 2.45) is 5.73 Å². The maximum absolute atomic E-state index is 5.69. The molecule has 2 aromatic heterocycles. The van der Waals surface area contributed by atoms with Gasteiger partial charge < -0.3 is 10.3 Å². The van der Waals surface area contributed by atoms with Crippen LogP contribution in [0.3, 0.4) is 0 Å². The lowest BCUT2D eigenvalue weighted by atomic mass is 10.1. The lowest BCUT2D eigenvalue weighted by Gasteiger charge is -2.03. The molecule has 3 rings (SSSR count). The SMILES string of the molecule is NCC1(c2nc(-c3cscn3)no2)CC1. The van der Waals surface area contributed by atoms with Gasteiger partial charge in [0.15, 0.2) is 0 Å². The molecule has 0 aromatic carbocycles. The smallest absolute Gasteiger partial charge is 0.234 e. The summed E-state index contributed by atoms with van der Waals surface area (Å²) < 4.78 is 5.23. The first-order valence-electron chi connectivity index (χ1n) is 4.77. The minimum atomic E-state index is -0.0404. The van der Waals surface area contributed by atoms with E-state index in [0.717, 1.165) is 18.5 Å². The van der Waals surface area contributed by atoms with Crippen LogP contribution in [0.15, 0.2) is 15.4 Å². The lowest BCUT2D eigenvalue weighted by molar-refractivity contribution is 0.347. The van der Waals surface area contributed by atoms with Crippen LogP contribution in [0, 0.1) is 0 Å². The fourth-order valence-electron chi connectivity index (χ4n) is 1.52. The Labute approximate surface area is 90.3 Å². The van der Waals surface area contributed by atoms with Gasteiger partial charge in [-0.1, -0.05) is 5.16 Å². The summed E-state index contributed by atoms with van der Waals surface area (Å²) in [6.45, 7) is 0.575. The molecule has 1 aliphatic rings. The van der Waals surface area contributed by atoms with Crippen molar-refractivity contribution in [1.29, 1.82) is 0 Å². The van der Waals surface area contributed by atoms with Crippen molar-refractivity contribution in [3.8, 4) is 11.5 Å². The van der Waals surface area contributed by atoms with Crippen molar-refractivity contribution in [1.82, 2.24) is 15.1 Å². The summed E-state index contributed by atoms with van der Waals surface area (Å²) in [6, 6.07) is 0. The Bertz CT molecular complexity index is 460. The molecule has 1 aliphatic carbocycles. The molecule has 0 saturated heterocycles. The second-order valence-electron chi connectivity index (χ2n) is 3.78. The third kappa shape index (κ3) is 1.37. The van der Waals surface area contributed by atoms with E-state index in [0.29, 0.717) is 18.3 Å². The van der Waals surface area contributed by atoms with Crippen molar-refractivity contribution in [3.63, 3.8) is 0 Å². The van der Waals surface area contributed by atoms with Crippen molar-refractivity contribution in [2.45, 2.75) is 18.3 Å². The summed E-state index contributed by atoms with van der Waals surface area (Å²) in [5.74, 6) is 1.22. The third-order valence-electron chi connectivity index (χ3n) is 2.79. The highest BCUT2D eigenvalue weighted by atomic mass is 32.1. The average molecular weight is 222 g/mol. The van der Waals surface area contributed by atoms with E-state index in [2.05, 4.69) is 15.1 Å². The van der Waals surface area contributed by atoms with Crippen LogP contribution in [0.2, 0.25) is 0 Å². The molecule has 0 bridgehead atoms. The van der Waals surface area contributed by atoms with Crippen molar-refractivity contribution in [3.05, 3.63) is 16.8 Å². The van der Waals surface area contributed by atoms with E-state index in [9.17, 15) is 0 Å².